The summed E-state index contributed by atoms with van der Waals surface area (Å²) in [5, 5.41) is 4.39. The zero-order valence-electron chi connectivity index (χ0n) is 20.9. The number of hydrogen-bond donors (Lipinski definition) is 2. The average Bonchev–Trinajstić information content (AvgIpc) is 3.41. The molecule has 0 aliphatic carbocycles. The molecule has 6 heteroatoms. The number of hydrogen-bond acceptors (Lipinski definition) is 3. The molecule has 2 N–H and O–H groups in total. The Labute approximate surface area is 213 Å². The predicted octanol–water partition coefficient (Wildman–Crippen LogP) is 4.72. The van der Waals surface area contributed by atoms with E-state index in [2.05, 4.69) is 63.4 Å². The Morgan fingerprint density at radius 2 is 1.78 bits per heavy atom. The van der Waals surface area contributed by atoms with E-state index in [1.54, 1.807) is 6.92 Å². The van der Waals surface area contributed by atoms with Crippen molar-refractivity contribution in [2.75, 3.05) is 19.6 Å². The molecule has 0 saturated carbocycles. The molecule has 2 saturated heterocycles. The third-order valence-corrected chi connectivity index (χ3v) is 7.76. The van der Waals surface area contributed by atoms with Crippen LogP contribution in [-0.4, -0.2) is 51.9 Å². The zero-order chi connectivity index (χ0) is 25.0. The summed E-state index contributed by atoms with van der Waals surface area (Å²) in [5.74, 6) is 5.73. The highest BCUT2D eigenvalue weighted by molar-refractivity contribution is 6.07. The van der Waals surface area contributed by atoms with Gasteiger partial charge in [-0.1, -0.05) is 54.5 Å². The molecule has 3 aromatic rings. The number of fused-ring (bicyclic) bond motifs is 1. The van der Waals surface area contributed by atoms with Crippen molar-refractivity contribution in [3.05, 3.63) is 71.9 Å². The van der Waals surface area contributed by atoms with E-state index in [4.69, 9.17) is 0 Å². The Bertz CT molecular complexity index is 1250. The maximum absolute atomic E-state index is 13.7. The molecule has 3 heterocycles. The molecule has 186 valence electrons. The number of carbonyl (C=O) groups excluding carboxylic acids is 2. The highest BCUT2D eigenvalue weighted by atomic mass is 16.2. The van der Waals surface area contributed by atoms with Gasteiger partial charge in [-0.15, -0.1) is 5.92 Å². The highest BCUT2D eigenvalue weighted by Gasteiger charge is 2.55. The quantitative estimate of drug-likeness (QED) is 0.361. The molecule has 0 bridgehead atoms. The maximum Gasteiger partial charge on any atom is 0.325 e. The van der Waals surface area contributed by atoms with Gasteiger partial charge in [-0.3, -0.25) is 14.6 Å². The minimum absolute atomic E-state index is 0.0996. The molecule has 6 nitrogen and oxygen atoms in total. The molecule has 1 aromatic heterocycles. The summed E-state index contributed by atoms with van der Waals surface area (Å²) in [6.07, 6.45) is 4.14. The largest absolute Gasteiger partial charge is 0.357 e. The molecule has 0 spiro atoms. The van der Waals surface area contributed by atoms with Crippen molar-refractivity contribution < 1.29 is 9.59 Å². The van der Waals surface area contributed by atoms with Crippen LogP contribution in [0.3, 0.4) is 0 Å². The van der Waals surface area contributed by atoms with Crippen LogP contribution in [-0.2, 0) is 17.8 Å². The minimum Gasteiger partial charge on any atom is -0.357 e. The number of likely N-dealkylation sites (tertiary alicyclic amines) is 1. The topological polar surface area (TPSA) is 68.4 Å². The number of nitrogens with one attached hydrogen (secondary N) is 2. The van der Waals surface area contributed by atoms with Crippen LogP contribution in [0, 0.1) is 17.8 Å². The predicted molar refractivity (Wildman–Crippen MR) is 142 cm³/mol. The summed E-state index contributed by atoms with van der Waals surface area (Å²) in [4.78, 5) is 33.9. The smallest absolute Gasteiger partial charge is 0.325 e. The number of aromatic nitrogens is 1. The molecule has 2 aromatic carbocycles. The van der Waals surface area contributed by atoms with Crippen LogP contribution in [0.1, 0.15) is 43.9 Å². The Balaban J connectivity index is 1.28. The first-order valence-corrected chi connectivity index (χ1v) is 13.0. The van der Waals surface area contributed by atoms with Crippen LogP contribution < -0.4 is 5.32 Å². The van der Waals surface area contributed by atoms with Crippen LogP contribution in [0.25, 0.3) is 10.9 Å². The first kappa shape index (κ1) is 24.1. The Morgan fingerprint density at radius 3 is 2.53 bits per heavy atom. The standard InChI is InChI=1S/C30H34N4O2/c1-2-3-18-34-28(35)30(32-29(34)36,17-9-12-23-10-5-4-6-11-23)25-15-19-33(20-16-25)22-26-21-24-13-7-8-14-27(24)31-26/h4-8,10-11,13-14,21,25,31H,9,12,15-20,22H2,1H3,(H,32,36). The number of benzene rings is 2. The monoisotopic (exact) mass is 482 g/mol. The number of rotatable bonds is 8. The SMILES string of the molecule is CC#CCN1C(=O)NC(CCCc2ccccc2)(C2CCN(Cc3cc4ccccc4[nH]3)CC2)C1=O. The van der Waals surface area contributed by atoms with Crippen molar-refractivity contribution in [3.8, 4) is 11.8 Å². The van der Waals surface area contributed by atoms with Crippen LogP contribution in [0.4, 0.5) is 4.79 Å². The van der Waals surface area contributed by atoms with Gasteiger partial charge in [0.1, 0.15) is 5.54 Å². The van der Waals surface area contributed by atoms with Crippen molar-refractivity contribution in [1.29, 1.82) is 0 Å². The summed E-state index contributed by atoms with van der Waals surface area (Å²) < 4.78 is 0. The first-order chi connectivity index (χ1) is 17.6. The number of urea groups is 1. The lowest BCUT2D eigenvalue weighted by molar-refractivity contribution is -0.134. The zero-order valence-corrected chi connectivity index (χ0v) is 20.9. The van der Waals surface area contributed by atoms with Crippen molar-refractivity contribution in [3.63, 3.8) is 0 Å². The molecule has 2 fully saturated rings. The van der Waals surface area contributed by atoms with Crippen molar-refractivity contribution in [2.45, 2.75) is 51.1 Å². The summed E-state index contributed by atoms with van der Waals surface area (Å²) >= 11 is 0. The summed E-state index contributed by atoms with van der Waals surface area (Å²) in [5.41, 5.74) is 2.79. The van der Waals surface area contributed by atoms with Crippen LogP contribution in [0.5, 0.6) is 0 Å². The van der Waals surface area contributed by atoms with Gasteiger partial charge in [0.05, 0.1) is 6.54 Å². The molecule has 1 unspecified atom stereocenters. The van der Waals surface area contributed by atoms with E-state index < -0.39 is 5.54 Å². The van der Waals surface area contributed by atoms with Gasteiger partial charge in [0.25, 0.3) is 5.91 Å². The lowest BCUT2D eigenvalue weighted by atomic mass is 9.74. The normalized spacial score (nSPS) is 21.0. The molecule has 1 atom stereocenters. The molecule has 3 amide bonds. The van der Waals surface area contributed by atoms with Crippen molar-refractivity contribution in [2.24, 2.45) is 5.92 Å². The van der Waals surface area contributed by atoms with E-state index in [0.29, 0.717) is 6.42 Å². The number of H-pyrrole nitrogens is 1. The second kappa shape index (κ2) is 10.6. The summed E-state index contributed by atoms with van der Waals surface area (Å²) in [6, 6.07) is 20.6. The van der Waals surface area contributed by atoms with E-state index >= 15 is 0 Å². The lowest BCUT2D eigenvalue weighted by Crippen LogP contribution is -2.56. The second-order valence-electron chi connectivity index (χ2n) is 9.99. The fraction of sp³-hybridized carbons (Fsp3) is 0.400. The van der Waals surface area contributed by atoms with Gasteiger partial charge in [0.2, 0.25) is 0 Å². The van der Waals surface area contributed by atoms with Gasteiger partial charge < -0.3 is 10.3 Å². The Kier molecular flexibility index (Phi) is 7.11. The first-order valence-electron chi connectivity index (χ1n) is 13.0. The molecular weight excluding hydrogens is 448 g/mol. The molecule has 2 aliphatic heterocycles. The van der Waals surface area contributed by atoms with E-state index in [-0.39, 0.29) is 24.4 Å². The number of piperidine rings is 1. The van der Waals surface area contributed by atoms with E-state index in [1.165, 1.54) is 21.5 Å². The fourth-order valence-corrected chi connectivity index (χ4v) is 5.86. The van der Waals surface area contributed by atoms with Gasteiger partial charge in [0.15, 0.2) is 0 Å². The van der Waals surface area contributed by atoms with E-state index in [9.17, 15) is 9.59 Å². The third-order valence-electron chi connectivity index (χ3n) is 7.76. The summed E-state index contributed by atoms with van der Waals surface area (Å²) in [7, 11) is 0. The lowest BCUT2D eigenvalue weighted by Gasteiger charge is -2.41. The van der Waals surface area contributed by atoms with Crippen LogP contribution in [0.15, 0.2) is 60.7 Å². The number of nitrogens with zero attached hydrogens (tertiary/aromatic N) is 2. The van der Waals surface area contributed by atoms with Gasteiger partial charge in [0, 0.05) is 17.8 Å². The number of carbonyl (C=O) groups is 2. The maximum atomic E-state index is 13.7. The van der Waals surface area contributed by atoms with E-state index in [0.717, 1.165) is 50.8 Å². The molecule has 0 radical (unpaired) electrons. The number of aryl methyl sites for hydroxylation is 1. The fourth-order valence-electron chi connectivity index (χ4n) is 5.86. The Morgan fingerprint density at radius 1 is 1.03 bits per heavy atom. The molecule has 2 aliphatic rings. The summed E-state index contributed by atoms with van der Waals surface area (Å²) in [6.45, 7) is 4.55. The molecular formula is C30H34N4O2. The van der Waals surface area contributed by atoms with Crippen molar-refractivity contribution in [1.82, 2.24) is 20.1 Å². The molecule has 5 rings (SSSR count). The van der Waals surface area contributed by atoms with Gasteiger partial charge in [-0.2, -0.15) is 0 Å². The van der Waals surface area contributed by atoms with Gasteiger partial charge in [-0.25, -0.2) is 4.79 Å². The molecule has 36 heavy (non-hydrogen) atoms. The van der Waals surface area contributed by atoms with E-state index in [1.807, 2.05) is 24.3 Å². The van der Waals surface area contributed by atoms with Crippen LogP contribution >= 0.6 is 0 Å². The highest BCUT2D eigenvalue weighted by Crippen LogP contribution is 2.37. The van der Waals surface area contributed by atoms with Gasteiger partial charge >= 0.3 is 6.03 Å². The number of imide groups is 1. The van der Waals surface area contributed by atoms with Crippen LogP contribution in [0.2, 0.25) is 0 Å². The van der Waals surface area contributed by atoms with Gasteiger partial charge in [-0.05, 0) is 81.1 Å². The minimum atomic E-state index is -0.839. The third kappa shape index (κ3) is 4.89. The number of amides is 3. The Hall–Kier alpha value is -3.56. The number of para-hydroxylation sites is 1. The second-order valence-corrected chi connectivity index (χ2v) is 9.99. The van der Waals surface area contributed by atoms with Crippen molar-refractivity contribution >= 4 is 22.8 Å². The average molecular weight is 483 g/mol. The number of aromatic amines is 1.